The Kier molecular flexibility index (Phi) is 6.87. The second-order valence-electron chi connectivity index (χ2n) is 7.60. The lowest BCUT2D eigenvalue weighted by molar-refractivity contribution is -0.138. The van der Waals surface area contributed by atoms with Crippen molar-refractivity contribution in [3.8, 4) is 0 Å². The van der Waals surface area contributed by atoms with Crippen LogP contribution in [0.25, 0.3) is 11.0 Å². The smallest absolute Gasteiger partial charge is 0.416 e. The molecule has 1 heterocycles. The van der Waals surface area contributed by atoms with Gasteiger partial charge < -0.3 is 15.0 Å². The van der Waals surface area contributed by atoms with Gasteiger partial charge in [-0.25, -0.2) is 9.78 Å². The Balaban J connectivity index is 2.10. The summed E-state index contributed by atoms with van der Waals surface area (Å²) in [4.78, 5) is 15.9. The molecule has 0 atom stereocenters. The van der Waals surface area contributed by atoms with E-state index in [1.807, 2.05) is 0 Å². The molecule has 0 unspecified atom stereocenters. The van der Waals surface area contributed by atoms with Crippen LogP contribution in [0.3, 0.4) is 0 Å². The van der Waals surface area contributed by atoms with Crippen molar-refractivity contribution in [1.29, 1.82) is 0 Å². The van der Waals surface area contributed by atoms with Crippen LogP contribution in [0.1, 0.15) is 61.0 Å². The predicted octanol–water partition coefficient (Wildman–Crippen LogP) is 6.18. The number of carboxylic acid groups (broad SMARTS) is 1. The second-order valence-corrected chi connectivity index (χ2v) is 7.60. The van der Waals surface area contributed by atoms with Gasteiger partial charge in [0.25, 0.3) is 0 Å². The van der Waals surface area contributed by atoms with E-state index in [0.717, 1.165) is 31.7 Å². The van der Waals surface area contributed by atoms with Crippen molar-refractivity contribution in [3.63, 3.8) is 0 Å². The first kappa shape index (κ1) is 22.7. The summed E-state index contributed by atoms with van der Waals surface area (Å²) in [6.45, 7) is 4.12. The summed E-state index contributed by atoms with van der Waals surface area (Å²) < 4.78 is 42.3. The minimum atomic E-state index is -4.47. The summed E-state index contributed by atoms with van der Waals surface area (Å²) in [7, 11) is 0. The fourth-order valence-corrected chi connectivity index (χ4v) is 3.81. The zero-order valence-corrected chi connectivity index (χ0v) is 17.5. The van der Waals surface area contributed by atoms with Crippen molar-refractivity contribution in [2.24, 2.45) is 0 Å². The van der Waals surface area contributed by atoms with Crippen LogP contribution in [0, 0.1) is 0 Å². The number of aromatic carboxylic acids is 1. The zero-order chi connectivity index (χ0) is 22.6. The molecule has 1 aromatic heterocycles. The lowest BCUT2D eigenvalue weighted by Gasteiger charge is -2.20. The van der Waals surface area contributed by atoms with E-state index in [9.17, 15) is 23.1 Å². The molecule has 166 valence electrons. The summed E-state index contributed by atoms with van der Waals surface area (Å²) >= 11 is 0. The Hall–Kier alpha value is -3.03. The molecule has 8 heteroatoms. The van der Waals surface area contributed by atoms with Crippen LogP contribution < -0.4 is 5.32 Å². The van der Waals surface area contributed by atoms with Crippen LogP contribution >= 0.6 is 0 Å². The number of anilines is 1. The van der Waals surface area contributed by atoms with Crippen LogP contribution in [0.4, 0.5) is 19.1 Å². The topological polar surface area (TPSA) is 67.2 Å². The van der Waals surface area contributed by atoms with Crippen molar-refractivity contribution in [3.05, 3.63) is 59.2 Å². The summed E-state index contributed by atoms with van der Waals surface area (Å²) in [6.07, 6.45) is -0.757. The molecule has 0 spiro atoms. The maximum absolute atomic E-state index is 13.5. The first-order valence-corrected chi connectivity index (χ1v) is 10.4. The molecule has 0 amide bonds. The Bertz CT molecular complexity index is 1050. The highest BCUT2D eigenvalue weighted by atomic mass is 19.4. The van der Waals surface area contributed by atoms with E-state index in [1.54, 1.807) is 16.7 Å². The normalized spacial score (nSPS) is 11.9. The maximum Gasteiger partial charge on any atom is 0.416 e. The number of nitrogens with zero attached hydrogens (tertiary/aromatic N) is 2. The number of carboxylic acids is 1. The van der Waals surface area contributed by atoms with Gasteiger partial charge in [0.2, 0.25) is 5.95 Å². The maximum atomic E-state index is 13.5. The van der Waals surface area contributed by atoms with Crippen molar-refractivity contribution in [1.82, 2.24) is 9.55 Å². The third-order valence-electron chi connectivity index (χ3n) is 5.25. The molecule has 31 heavy (non-hydrogen) atoms. The third kappa shape index (κ3) is 5.18. The highest BCUT2D eigenvalue weighted by Gasteiger charge is 2.33. The van der Waals surface area contributed by atoms with Crippen LogP contribution in [0.15, 0.2) is 42.5 Å². The molecule has 0 radical (unpaired) electrons. The van der Waals surface area contributed by atoms with Crippen LogP contribution in [0.5, 0.6) is 0 Å². The standard InChI is InChI=1S/C23H26F3N3O2/c1-3-7-17(8-4-2)27-22-28-19-13-15(21(30)31)11-12-20(19)29(22)14-16-9-5-6-10-18(16)23(24,25)26/h5-6,9-13,17H,3-4,7-8,14H2,1-2H3,(H,27,28)(H,30,31). The van der Waals surface area contributed by atoms with E-state index in [-0.39, 0.29) is 23.7 Å². The van der Waals surface area contributed by atoms with Gasteiger partial charge in [0.15, 0.2) is 0 Å². The van der Waals surface area contributed by atoms with Gasteiger partial charge in [0, 0.05) is 6.04 Å². The van der Waals surface area contributed by atoms with E-state index in [2.05, 4.69) is 24.1 Å². The Morgan fingerprint density at radius 1 is 1.13 bits per heavy atom. The molecule has 3 rings (SSSR count). The van der Waals surface area contributed by atoms with E-state index in [4.69, 9.17) is 0 Å². The van der Waals surface area contributed by atoms with Crippen molar-refractivity contribution in [2.45, 2.75) is 58.3 Å². The van der Waals surface area contributed by atoms with Crippen molar-refractivity contribution >= 4 is 23.0 Å². The number of alkyl halides is 3. The number of benzene rings is 2. The number of hydrogen-bond donors (Lipinski definition) is 2. The molecule has 0 saturated carbocycles. The number of carbonyl (C=O) groups is 1. The summed E-state index contributed by atoms with van der Waals surface area (Å²) in [5.41, 5.74) is 0.527. The van der Waals surface area contributed by atoms with E-state index < -0.39 is 17.7 Å². The molecular formula is C23H26F3N3O2. The average Bonchev–Trinajstić information content (AvgIpc) is 3.04. The predicted molar refractivity (Wildman–Crippen MR) is 114 cm³/mol. The highest BCUT2D eigenvalue weighted by molar-refractivity contribution is 5.93. The molecule has 5 nitrogen and oxygen atoms in total. The van der Waals surface area contributed by atoms with Gasteiger partial charge in [-0.05, 0) is 42.7 Å². The Labute approximate surface area is 178 Å². The molecule has 0 aliphatic carbocycles. The number of rotatable bonds is 9. The fourth-order valence-electron chi connectivity index (χ4n) is 3.81. The van der Waals surface area contributed by atoms with Crippen LogP contribution in [-0.4, -0.2) is 26.7 Å². The van der Waals surface area contributed by atoms with Gasteiger partial charge in [-0.3, -0.25) is 0 Å². The van der Waals surface area contributed by atoms with E-state index >= 15 is 0 Å². The van der Waals surface area contributed by atoms with Gasteiger partial charge in [0.1, 0.15) is 0 Å². The number of halogens is 3. The Morgan fingerprint density at radius 3 is 2.42 bits per heavy atom. The highest BCUT2D eigenvalue weighted by Crippen LogP contribution is 2.33. The number of fused-ring (bicyclic) bond motifs is 1. The molecule has 0 aliphatic rings. The number of hydrogen-bond acceptors (Lipinski definition) is 3. The summed E-state index contributed by atoms with van der Waals surface area (Å²) in [5.74, 6) is -0.635. The monoisotopic (exact) mass is 433 g/mol. The lowest BCUT2D eigenvalue weighted by Crippen LogP contribution is -2.22. The molecule has 0 saturated heterocycles. The van der Waals surface area contributed by atoms with Gasteiger partial charge in [-0.2, -0.15) is 13.2 Å². The molecule has 0 bridgehead atoms. The SMILES string of the molecule is CCCC(CCC)Nc1nc2cc(C(=O)O)ccc2n1Cc1ccccc1C(F)(F)F. The Morgan fingerprint density at radius 2 is 1.81 bits per heavy atom. The van der Waals surface area contributed by atoms with Gasteiger partial charge in [0.05, 0.1) is 28.7 Å². The molecule has 3 aromatic rings. The third-order valence-corrected chi connectivity index (χ3v) is 5.25. The average molecular weight is 433 g/mol. The van der Waals surface area contributed by atoms with Crippen LogP contribution in [0.2, 0.25) is 0 Å². The molecular weight excluding hydrogens is 407 g/mol. The number of imidazole rings is 1. The summed E-state index contributed by atoms with van der Waals surface area (Å²) in [6, 6.07) is 10.1. The number of aromatic nitrogens is 2. The van der Waals surface area contributed by atoms with Crippen molar-refractivity contribution < 1.29 is 23.1 Å². The first-order chi connectivity index (χ1) is 14.7. The largest absolute Gasteiger partial charge is 0.478 e. The first-order valence-electron chi connectivity index (χ1n) is 10.4. The molecule has 0 fully saturated rings. The molecule has 2 aromatic carbocycles. The quantitative estimate of drug-likeness (QED) is 0.423. The minimum absolute atomic E-state index is 0.0358. The minimum Gasteiger partial charge on any atom is -0.478 e. The van der Waals surface area contributed by atoms with E-state index in [1.165, 1.54) is 24.3 Å². The van der Waals surface area contributed by atoms with Gasteiger partial charge in [-0.15, -0.1) is 0 Å². The summed E-state index contributed by atoms with van der Waals surface area (Å²) in [5, 5.41) is 12.7. The van der Waals surface area contributed by atoms with Gasteiger partial charge in [-0.1, -0.05) is 44.9 Å². The van der Waals surface area contributed by atoms with Crippen molar-refractivity contribution in [2.75, 3.05) is 5.32 Å². The molecule has 0 aliphatic heterocycles. The second kappa shape index (κ2) is 9.41. The van der Waals surface area contributed by atoms with Gasteiger partial charge >= 0.3 is 12.1 Å². The number of nitrogens with one attached hydrogen (secondary N) is 1. The van der Waals surface area contributed by atoms with E-state index in [0.29, 0.717) is 17.0 Å². The lowest BCUT2D eigenvalue weighted by atomic mass is 10.1. The fraction of sp³-hybridized carbons (Fsp3) is 0.391. The zero-order valence-electron chi connectivity index (χ0n) is 17.5. The molecule has 2 N–H and O–H groups in total. The van der Waals surface area contributed by atoms with Crippen LogP contribution in [-0.2, 0) is 12.7 Å².